The normalized spacial score (nSPS) is 10.0. The second-order valence-electron chi connectivity index (χ2n) is 1.75. The number of rotatable bonds is 2. The van der Waals surface area contributed by atoms with Crippen LogP contribution in [0.2, 0.25) is 0 Å². The van der Waals surface area contributed by atoms with Crippen LogP contribution in [0.15, 0.2) is 17.6 Å². The molecule has 50 valence electrons. The van der Waals surface area contributed by atoms with Gasteiger partial charge in [0.05, 0.1) is 0 Å². The molecule has 3 heteroatoms. The van der Waals surface area contributed by atoms with Crippen molar-refractivity contribution >= 4 is 11.8 Å². The Labute approximate surface area is 59.3 Å². The van der Waals surface area contributed by atoms with Gasteiger partial charge in [-0.2, -0.15) is 0 Å². The van der Waals surface area contributed by atoms with Gasteiger partial charge in [0.25, 0.3) is 0 Å². The van der Waals surface area contributed by atoms with Crippen molar-refractivity contribution in [2.45, 2.75) is 12.1 Å². The highest BCUT2D eigenvalue weighted by Gasteiger charge is 1.94. The molecule has 1 aromatic heterocycles. The molecule has 0 atom stereocenters. The first-order valence-corrected chi connectivity index (χ1v) is 3.93. The maximum Gasteiger partial charge on any atom is 0.167 e. The summed E-state index contributed by atoms with van der Waals surface area (Å²) in [5, 5.41) is 1.09. The number of aryl methyl sites for hydroxylation is 1. The van der Waals surface area contributed by atoms with Crippen molar-refractivity contribution in [2.75, 3.05) is 5.75 Å². The molecular weight excluding hydrogens is 132 g/mol. The van der Waals surface area contributed by atoms with E-state index in [1.165, 1.54) is 0 Å². The molecule has 9 heavy (non-hydrogen) atoms. The zero-order valence-electron chi connectivity index (χ0n) is 5.66. The van der Waals surface area contributed by atoms with Gasteiger partial charge >= 0.3 is 0 Å². The minimum Gasteiger partial charge on any atom is -0.329 e. The number of nitrogens with zero attached hydrogens (tertiary/aromatic N) is 2. The Morgan fingerprint density at radius 2 is 2.56 bits per heavy atom. The summed E-state index contributed by atoms with van der Waals surface area (Å²) >= 11 is 1.76. The molecule has 0 amide bonds. The summed E-state index contributed by atoms with van der Waals surface area (Å²) in [4.78, 5) is 4.13. The highest BCUT2D eigenvalue weighted by molar-refractivity contribution is 7.99. The number of hydrogen-bond donors (Lipinski definition) is 0. The quantitative estimate of drug-likeness (QED) is 0.583. The van der Waals surface area contributed by atoms with Gasteiger partial charge in [0, 0.05) is 19.4 Å². The fraction of sp³-hybridized carbons (Fsp3) is 0.500. The minimum absolute atomic E-state index is 1.09. The molecule has 0 spiro atoms. The predicted octanol–water partition coefficient (Wildman–Crippen LogP) is 1.53. The van der Waals surface area contributed by atoms with Gasteiger partial charge in [-0.1, -0.05) is 18.7 Å². The van der Waals surface area contributed by atoms with Crippen molar-refractivity contribution in [3.63, 3.8) is 0 Å². The molecular formula is C6H10N2S. The van der Waals surface area contributed by atoms with Crippen molar-refractivity contribution in [2.24, 2.45) is 7.05 Å². The molecule has 0 saturated heterocycles. The Morgan fingerprint density at radius 3 is 3.00 bits per heavy atom. The second kappa shape index (κ2) is 2.92. The van der Waals surface area contributed by atoms with Gasteiger partial charge in [0.2, 0.25) is 0 Å². The van der Waals surface area contributed by atoms with E-state index in [1.807, 2.05) is 24.0 Å². The molecule has 1 rings (SSSR count). The predicted molar refractivity (Wildman–Crippen MR) is 39.6 cm³/mol. The van der Waals surface area contributed by atoms with Crippen LogP contribution in [0.25, 0.3) is 0 Å². The van der Waals surface area contributed by atoms with E-state index in [9.17, 15) is 0 Å². The van der Waals surface area contributed by atoms with Gasteiger partial charge in [-0.25, -0.2) is 4.98 Å². The van der Waals surface area contributed by atoms with E-state index >= 15 is 0 Å². The van der Waals surface area contributed by atoms with Crippen LogP contribution in [-0.2, 0) is 7.05 Å². The minimum atomic E-state index is 1.09. The largest absolute Gasteiger partial charge is 0.329 e. The second-order valence-corrected chi connectivity index (χ2v) is 2.98. The molecule has 0 aliphatic rings. The zero-order valence-corrected chi connectivity index (χ0v) is 6.48. The van der Waals surface area contributed by atoms with Crippen molar-refractivity contribution < 1.29 is 0 Å². The Morgan fingerprint density at radius 1 is 1.78 bits per heavy atom. The lowest BCUT2D eigenvalue weighted by molar-refractivity contribution is 0.790. The lowest BCUT2D eigenvalue weighted by atomic mass is 10.9. The fourth-order valence-corrected chi connectivity index (χ4v) is 1.28. The van der Waals surface area contributed by atoms with E-state index in [2.05, 4.69) is 11.9 Å². The van der Waals surface area contributed by atoms with Crippen LogP contribution in [-0.4, -0.2) is 15.3 Å². The average molecular weight is 142 g/mol. The van der Waals surface area contributed by atoms with Crippen molar-refractivity contribution in [3.05, 3.63) is 12.4 Å². The van der Waals surface area contributed by atoms with Crippen molar-refractivity contribution in [3.8, 4) is 0 Å². The van der Waals surface area contributed by atoms with Crippen molar-refractivity contribution in [1.29, 1.82) is 0 Å². The molecule has 0 radical (unpaired) electrons. The third-order valence-corrected chi connectivity index (χ3v) is 1.99. The molecule has 2 nitrogen and oxygen atoms in total. The highest BCUT2D eigenvalue weighted by atomic mass is 32.2. The molecule has 0 fully saturated rings. The van der Waals surface area contributed by atoms with Crippen LogP contribution in [0.3, 0.4) is 0 Å². The van der Waals surface area contributed by atoms with Crippen molar-refractivity contribution in [1.82, 2.24) is 9.55 Å². The lowest BCUT2D eigenvalue weighted by Gasteiger charge is -1.95. The Bertz CT molecular complexity index is 183. The molecule has 0 bridgehead atoms. The van der Waals surface area contributed by atoms with Gasteiger partial charge in [-0.15, -0.1) is 0 Å². The van der Waals surface area contributed by atoms with Crippen LogP contribution in [0.1, 0.15) is 6.92 Å². The molecule has 0 aromatic carbocycles. The van der Waals surface area contributed by atoms with Gasteiger partial charge in [-0.3, -0.25) is 0 Å². The van der Waals surface area contributed by atoms with E-state index in [0.29, 0.717) is 0 Å². The number of thioether (sulfide) groups is 1. The standard InChI is InChI=1S/C6H10N2S/c1-3-9-6-7-4-5-8(6)2/h4-5H,3H2,1-2H3. The molecule has 0 N–H and O–H groups in total. The molecule has 0 aliphatic carbocycles. The molecule has 1 heterocycles. The summed E-state index contributed by atoms with van der Waals surface area (Å²) in [6.07, 6.45) is 3.77. The summed E-state index contributed by atoms with van der Waals surface area (Å²) in [5.41, 5.74) is 0. The summed E-state index contributed by atoms with van der Waals surface area (Å²) in [7, 11) is 2.00. The van der Waals surface area contributed by atoms with Crippen LogP contribution < -0.4 is 0 Å². The van der Waals surface area contributed by atoms with Gasteiger partial charge in [-0.05, 0) is 5.75 Å². The summed E-state index contributed by atoms with van der Waals surface area (Å²) in [6.45, 7) is 2.12. The maximum absolute atomic E-state index is 4.13. The maximum atomic E-state index is 4.13. The Balaban J connectivity index is 2.69. The number of aromatic nitrogens is 2. The van der Waals surface area contributed by atoms with Crippen LogP contribution >= 0.6 is 11.8 Å². The first kappa shape index (κ1) is 6.68. The fourth-order valence-electron chi connectivity index (χ4n) is 0.620. The van der Waals surface area contributed by atoms with E-state index in [-0.39, 0.29) is 0 Å². The SMILES string of the molecule is CCSc1nccn1C. The van der Waals surface area contributed by atoms with Gasteiger partial charge < -0.3 is 4.57 Å². The van der Waals surface area contributed by atoms with Gasteiger partial charge in [0.1, 0.15) is 0 Å². The highest BCUT2D eigenvalue weighted by Crippen LogP contribution is 2.12. The Hall–Kier alpha value is -0.440. The molecule has 1 aromatic rings. The number of hydrogen-bond acceptors (Lipinski definition) is 2. The number of imidazole rings is 1. The van der Waals surface area contributed by atoms with Crippen LogP contribution in [0, 0.1) is 0 Å². The lowest BCUT2D eigenvalue weighted by Crippen LogP contribution is -1.87. The summed E-state index contributed by atoms with van der Waals surface area (Å²) < 4.78 is 2.02. The van der Waals surface area contributed by atoms with Gasteiger partial charge in [0.15, 0.2) is 5.16 Å². The topological polar surface area (TPSA) is 17.8 Å². The van der Waals surface area contributed by atoms with E-state index in [0.717, 1.165) is 10.9 Å². The monoisotopic (exact) mass is 142 g/mol. The molecule has 0 unspecified atom stereocenters. The van der Waals surface area contributed by atoms with E-state index < -0.39 is 0 Å². The third kappa shape index (κ3) is 1.48. The van der Waals surface area contributed by atoms with Crippen LogP contribution in [0.5, 0.6) is 0 Å². The average Bonchev–Trinajstić information content (AvgIpc) is 2.18. The summed E-state index contributed by atoms with van der Waals surface area (Å²) in [5.74, 6) is 1.09. The first-order chi connectivity index (χ1) is 4.34. The molecule has 0 aliphatic heterocycles. The smallest absolute Gasteiger partial charge is 0.167 e. The first-order valence-electron chi connectivity index (χ1n) is 2.94. The van der Waals surface area contributed by atoms with E-state index in [1.54, 1.807) is 11.8 Å². The Kier molecular flexibility index (Phi) is 2.16. The zero-order chi connectivity index (χ0) is 6.69. The third-order valence-electron chi connectivity index (χ3n) is 1.05. The van der Waals surface area contributed by atoms with E-state index in [4.69, 9.17) is 0 Å². The van der Waals surface area contributed by atoms with Crippen LogP contribution in [0.4, 0.5) is 0 Å². The summed E-state index contributed by atoms with van der Waals surface area (Å²) in [6, 6.07) is 0. The molecule has 0 saturated carbocycles.